The van der Waals surface area contributed by atoms with Crippen LogP contribution in [0, 0.1) is 5.92 Å². The zero-order valence-electron chi connectivity index (χ0n) is 11.0. The lowest BCUT2D eigenvalue weighted by Gasteiger charge is -2.33. The molecule has 3 N–H and O–H groups in total. The van der Waals surface area contributed by atoms with Gasteiger partial charge in [-0.2, -0.15) is 0 Å². The molecular weight excluding hydrogens is 242 g/mol. The first kappa shape index (κ1) is 12.4. The zero-order valence-corrected chi connectivity index (χ0v) is 11.0. The molecule has 2 unspecified atom stereocenters. The maximum absolute atomic E-state index is 9.89. The van der Waals surface area contributed by atoms with Crippen molar-refractivity contribution in [3.05, 3.63) is 24.1 Å². The Labute approximate surface area is 112 Å². The van der Waals surface area contributed by atoms with E-state index < -0.39 is 0 Å². The summed E-state index contributed by atoms with van der Waals surface area (Å²) < 4.78 is 5.70. The Hall–Kier alpha value is -1.59. The van der Waals surface area contributed by atoms with Gasteiger partial charge in [0.25, 0.3) is 0 Å². The molecule has 0 spiro atoms. The summed E-state index contributed by atoms with van der Waals surface area (Å²) in [5.41, 5.74) is 7.97. The van der Waals surface area contributed by atoms with Gasteiger partial charge in [0.05, 0.1) is 12.6 Å². The number of anilines is 1. The van der Waals surface area contributed by atoms with Gasteiger partial charge in [-0.3, -0.25) is 4.90 Å². The van der Waals surface area contributed by atoms with Crippen molar-refractivity contribution in [3.63, 3.8) is 0 Å². The van der Waals surface area contributed by atoms with Crippen LogP contribution in [0.15, 0.2) is 22.6 Å². The Morgan fingerprint density at radius 1 is 1.53 bits per heavy atom. The van der Waals surface area contributed by atoms with Gasteiger partial charge in [-0.05, 0) is 37.1 Å². The highest BCUT2D eigenvalue weighted by atomic mass is 16.3. The molecule has 0 radical (unpaired) electrons. The first-order valence-electron chi connectivity index (χ1n) is 6.67. The average Bonchev–Trinajstić information content (AvgIpc) is 2.75. The number of likely N-dealkylation sites (tertiary alicyclic amines) is 1. The number of hydrogen-bond donors (Lipinski definition) is 2. The molecule has 1 aromatic carbocycles. The predicted molar refractivity (Wildman–Crippen MR) is 73.5 cm³/mol. The number of nitrogen functional groups attached to an aromatic ring is 1. The second kappa shape index (κ2) is 4.83. The summed E-state index contributed by atoms with van der Waals surface area (Å²) in [4.78, 5) is 6.62. The van der Waals surface area contributed by atoms with Crippen molar-refractivity contribution < 1.29 is 9.52 Å². The van der Waals surface area contributed by atoms with Crippen molar-refractivity contribution in [2.24, 2.45) is 5.92 Å². The molecule has 3 rings (SSSR count). The fourth-order valence-electron chi connectivity index (χ4n) is 2.51. The van der Waals surface area contributed by atoms with Crippen LogP contribution in [0.25, 0.3) is 11.1 Å². The smallest absolute Gasteiger partial charge is 0.209 e. The minimum Gasteiger partial charge on any atom is -0.439 e. The number of aliphatic hydroxyl groups is 1. The van der Waals surface area contributed by atoms with Gasteiger partial charge in [0, 0.05) is 12.2 Å². The van der Waals surface area contributed by atoms with Crippen LogP contribution in [0.3, 0.4) is 0 Å². The summed E-state index contributed by atoms with van der Waals surface area (Å²) in [5.74, 6) is 1.06. The summed E-state index contributed by atoms with van der Waals surface area (Å²) in [6.45, 7) is 4.38. The molecule has 102 valence electrons. The third-order valence-corrected chi connectivity index (χ3v) is 3.82. The molecule has 1 aromatic heterocycles. The maximum Gasteiger partial charge on any atom is 0.209 e. The fourth-order valence-corrected chi connectivity index (χ4v) is 2.51. The van der Waals surface area contributed by atoms with E-state index in [1.807, 2.05) is 18.2 Å². The van der Waals surface area contributed by atoms with Crippen molar-refractivity contribution in [2.45, 2.75) is 26.0 Å². The number of benzene rings is 1. The van der Waals surface area contributed by atoms with E-state index in [9.17, 15) is 5.11 Å². The maximum atomic E-state index is 9.89. The number of β-amino-alcohol motifs (C(OH)–C–C–N with tert-alkyl or cyclic N) is 1. The van der Waals surface area contributed by atoms with Crippen molar-refractivity contribution in [1.29, 1.82) is 0 Å². The van der Waals surface area contributed by atoms with Gasteiger partial charge in [-0.15, -0.1) is 0 Å². The van der Waals surface area contributed by atoms with E-state index >= 15 is 0 Å². The number of rotatable bonds is 2. The number of hydrogen-bond acceptors (Lipinski definition) is 5. The summed E-state index contributed by atoms with van der Waals surface area (Å²) in [6, 6.07) is 5.47. The third-order valence-electron chi connectivity index (χ3n) is 3.82. The molecule has 19 heavy (non-hydrogen) atoms. The van der Waals surface area contributed by atoms with Crippen LogP contribution in [0.2, 0.25) is 0 Å². The molecule has 1 fully saturated rings. The lowest BCUT2D eigenvalue weighted by atomic mass is 9.96. The van der Waals surface area contributed by atoms with Gasteiger partial charge in [-0.25, -0.2) is 4.98 Å². The van der Waals surface area contributed by atoms with Gasteiger partial charge in [-0.1, -0.05) is 6.92 Å². The summed E-state index contributed by atoms with van der Waals surface area (Å²) in [7, 11) is 0. The van der Waals surface area contributed by atoms with E-state index in [-0.39, 0.29) is 6.10 Å². The largest absolute Gasteiger partial charge is 0.439 e. The number of piperidine rings is 1. The monoisotopic (exact) mass is 261 g/mol. The van der Waals surface area contributed by atoms with E-state index in [1.165, 1.54) is 0 Å². The second-order valence-corrected chi connectivity index (χ2v) is 5.40. The molecular formula is C14H19N3O2. The Morgan fingerprint density at radius 3 is 3.16 bits per heavy atom. The van der Waals surface area contributed by atoms with Gasteiger partial charge < -0.3 is 15.3 Å². The molecule has 5 heteroatoms. The van der Waals surface area contributed by atoms with Crippen LogP contribution in [0.5, 0.6) is 0 Å². The Morgan fingerprint density at radius 2 is 2.37 bits per heavy atom. The molecule has 2 heterocycles. The first-order valence-corrected chi connectivity index (χ1v) is 6.67. The average molecular weight is 261 g/mol. The fraction of sp³-hybridized carbons (Fsp3) is 0.500. The third kappa shape index (κ3) is 2.57. The van der Waals surface area contributed by atoms with Crippen molar-refractivity contribution in [1.82, 2.24) is 9.88 Å². The Balaban J connectivity index is 1.74. The van der Waals surface area contributed by atoms with E-state index in [0.29, 0.717) is 30.6 Å². The van der Waals surface area contributed by atoms with Crippen LogP contribution >= 0.6 is 0 Å². The number of oxazole rings is 1. The predicted octanol–water partition coefficient (Wildman–Crippen LogP) is 1.61. The van der Waals surface area contributed by atoms with Crippen molar-refractivity contribution in [2.75, 3.05) is 18.8 Å². The molecule has 0 aliphatic carbocycles. The van der Waals surface area contributed by atoms with Crippen LogP contribution < -0.4 is 5.73 Å². The van der Waals surface area contributed by atoms with Crippen molar-refractivity contribution >= 4 is 16.8 Å². The molecule has 5 nitrogen and oxygen atoms in total. The van der Waals surface area contributed by atoms with E-state index in [4.69, 9.17) is 10.2 Å². The summed E-state index contributed by atoms with van der Waals surface area (Å²) >= 11 is 0. The number of fused-ring (bicyclic) bond motifs is 1. The normalized spacial score (nSPS) is 24.9. The van der Waals surface area contributed by atoms with E-state index in [2.05, 4.69) is 16.8 Å². The number of aliphatic hydroxyl groups excluding tert-OH is 1. The number of aromatic nitrogens is 1. The minimum absolute atomic E-state index is 0.256. The molecule has 1 aliphatic heterocycles. The molecule has 0 bridgehead atoms. The van der Waals surface area contributed by atoms with Crippen LogP contribution in [0.4, 0.5) is 5.69 Å². The topological polar surface area (TPSA) is 75.5 Å². The highest BCUT2D eigenvalue weighted by molar-refractivity contribution is 5.76. The van der Waals surface area contributed by atoms with Gasteiger partial charge in [0.2, 0.25) is 5.89 Å². The van der Waals surface area contributed by atoms with Gasteiger partial charge >= 0.3 is 0 Å². The van der Waals surface area contributed by atoms with E-state index in [1.54, 1.807) is 0 Å². The zero-order chi connectivity index (χ0) is 13.4. The van der Waals surface area contributed by atoms with Crippen molar-refractivity contribution in [3.8, 4) is 0 Å². The molecule has 2 aromatic rings. The lowest BCUT2D eigenvalue weighted by Crippen LogP contribution is -2.42. The van der Waals surface area contributed by atoms with E-state index in [0.717, 1.165) is 24.1 Å². The Bertz CT molecular complexity index is 581. The standard InChI is InChI=1S/C14H19N3O2/c1-9-4-5-17(7-12(9)18)8-14-16-11-6-10(15)2-3-13(11)19-14/h2-3,6,9,12,18H,4-5,7-8,15H2,1H3. The highest BCUT2D eigenvalue weighted by Crippen LogP contribution is 2.22. The lowest BCUT2D eigenvalue weighted by molar-refractivity contribution is 0.0229. The Kier molecular flexibility index (Phi) is 3.16. The first-order chi connectivity index (χ1) is 9.11. The van der Waals surface area contributed by atoms with Gasteiger partial charge in [0.1, 0.15) is 5.52 Å². The molecule has 1 saturated heterocycles. The van der Waals surface area contributed by atoms with Crippen LogP contribution in [-0.4, -0.2) is 34.2 Å². The summed E-state index contributed by atoms with van der Waals surface area (Å²) in [6.07, 6.45) is 0.753. The number of nitrogens with two attached hydrogens (primary N) is 1. The quantitative estimate of drug-likeness (QED) is 0.803. The van der Waals surface area contributed by atoms with Gasteiger partial charge in [0.15, 0.2) is 5.58 Å². The summed E-state index contributed by atoms with van der Waals surface area (Å²) in [5, 5.41) is 9.89. The van der Waals surface area contributed by atoms with Crippen LogP contribution in [0.1, 0.15) is 19.2 Å². The SMILES string of the molecule is CC1CCN(Cc2nc3cc(N)ccc3o2)CC1O. The number of nitrogens with zero attached hydrogens (tertiary/aromatic N) is 2. The molecule has 0 amide bonds. The molecule has 0 saturated carbocycles. The molecule has 1 aliphatic rings. The second-order valence-electron chi connectivity index (χ2n) is 5.40. The minimum atomic E-state index is -0.256. The van der Waals surface area contributed by atoms with Crippen LogP contribution in [-0.2, 0) is 6.54 Å². The molecule has 2 atom stereocenters. The highest BCUT2D eigenvalue weighted by Gasteiger charge is 2.25.